The molecule has 2 aliphatic rings. The highest BCUT2D eigenvalue weighted by Crippen LogP contribution is 2.41. The molecule has 4 rings (SSSR count). The third-order valence-corrected chi connectivity index (χ3v) is 5.34. The molecule has 1 aromatic heterocycles. The first kappa shape index (κ1) is 15.4. The van der Waals surface area contributed by atoms with Crippen molar-refractivity contribution in [1.82, 2.24) is 9.88 Å². The maximum absolute atomic E-state index is 12.4. The van der Waals surface area contributed by atoms with Crippen LogP contribution >= 0.6 is 0 Å². The molecule has 1 aromatic carbocycles. The minimum absolute atomic E-state index is 0.00260. The van der Waals surface area contributed by atoms with Gasteiger partial charge >= 0.3 is 5.97 Å². The lowest BCUT2D eigenvalue weighted by Gasteiger charge is -2.21. The molecule has 2 aromatic rings. The highest BCUT2D eigenvalue weighted by molar-refractivity contribution is 5.79. The van der Waals surface area contributed by atoms with Gasteiger partial charge in [0.25, 0.3) is 5.56 Å². The number of hydrogen-bond acceptors (Lipinski definition) is 4. The van der Waals surface area contributed by atoms with E-state index in [9.17, 15) is 14.7 Å². The molecule has 0 bridgehead atoms. The maximum Gasteiger partial charge on any atom is 0.313 e. The monoisotopic (exact) mass is 328 g/mol. The van der Waals surface area contributed by atoms with Gasteiger partial charge in [0.15, 0.2) is 0 Å². The van der Waals surface area contributed by atoms with Gasteiger partial charge in [-0.3, -0.25) is 14.5 Å². The second kappa shape index (κ2) is 5.43. The lowest BCUT2D eigenvalue weighted by Crippen LogP contribution is -2.39. The third kappa shape index (κ3) is 2.34. The summed E-state index contributed by atoms with van der Waals surface area (Å²) >= 11 is 0. The Morgan fingerprint density at radius 3 is 3.04 bits per heavy atom. The lowest BCUT2D eigenvalue weighted by molar-refractivity contribution is -0.149. The number of aromatic nitrogens is 1. The quantitative estimate of drug-likeness (QED) is 0.889. The minimum Gasteiger partial charge on any atom is -0.481 e. The number of fused-ring (bicyclic) bond motifs is 2. The number of nitrogens with one attached hydrogen (secondary N) is 1. The molecular weight excluding hydrogens is 308 g/mol. The zero-order chi connectivity index (χ0) is 16.9. The summed E-state index contributed by atoms with van der Waals surface area (Å²) in [5.41, 5.74) is 1.68. The molecule has 3 heterocycles. The van der Waals surface area contributed by atoms with Gasteiger partial charge in [-0.15, -0.1) is 0 Å². The molecule has 0 amide bonds. The highest BCUT2D eigenvalue weighted by atomic mass is 16.5. The molecule has 6 nitrogen and oxygen atoms in total. The molecule has 2 atom stereocenters. The number of pyridine rings is 1. The van der Waals surface area contributed by atoms with Gasteiger partial charge in [-0.2, -0.15) is 0 Å². The van der Waals surface area contributed by atoms with E-state index in [-0.39, 0.29) is 18.1 Å². The number of rotatable bonds is 3. The number of carboxylic acids is 1. The number of benzene rings is 1. The topological polar surface area (TPSA) is 82.6 Å². The second-order valence-electron chi connectivity index (χ2n) is 7.06. The van der Waals surface area contributed by atoms with E-state index in [4.69, 9.17) is 4.74 Å². The average molecular weight is 328 g/mol. The van der Waals surface area contributed by atoms with E-state index in [1.807, 2.05) is 31.2 Å². The van der Waals surface area contributed by atoms with Gasteiger partial charge in [0, 0.05) is 36.6 Å². The van der Waals surface area contributed by atoms with Gasteiger partial charge in [-0.1, -0.05) is 12.1 Å². The Hall–Kier alpha value is -2.18. The van der Waals surface area contributed by atoms with Crippen LogP contribution in [0.5, 0.6) is 0 Å². The fourth-order valence-electron chi connectivity index (χ4n) is 3.98. The van der Waals surface area contributed by atoms with Crippen molar-refractivity contribution in [1.29, 1.82) is 0 Å². The lowest BCUT2D eigenvalue weighted by atomic mass is 9.81. The number of likely N-dealkylation sites (tertiary alicyclic amines) is 1. The molecule has 6 heteroatoms. The van der Waals surface area contributed by atoms with Crippen molar-refractivity contribution >= 4 is 16.9 Å². The summed E-state index contributed by atoms with van der Waals surface area (Å²) in [5.74, 6) is -0.799. The van der Waals surface area contributed by atoms with Crippen LogP contribution in [0.2, 0.25) is 0 Å². The van der Waals surface area contributed by atoms with Crippen molar-refractivity contribution in [3.8, 4) is 0 Å². The normalized spacial score (nSPS) is 26.8. The summed E-state index contributed by atoms with van der Waals surface area (Å²) in [6.07, 6.45) is 0. The van der Waals surface area contributed by atoms with Crippen molar-refractivity contribution in [2.24, 2.45) is 11.3 Å². The van der Waals surface area contributed by atoms with Crippen LogP contribution in [0.3, 0.4) is 0 Å². The van der Waals surface area contributed by atoms with Crippen molar-refractivity contribution in [3.63, 3.8) is 0 Å². The molecule has 0 saturated carbocycles. The minimum atomic E-state index is -0.819. The smallest absolute Gasteiger partial charge is 0.313 e. The number of nitrogens with zero attached hydrogens (tertiary/aromatic N) is 1. The first-order valence-corrected chi connectivity index (χ1v) is 8.14. The van der Waals surface area contributed by atoms with Gasteiger partial charge in [-0.25, -0.2) is 0 Å². The third-order valence-electron chi connectivity index (χ3n) is 5.34. The molecule has 0 spiro atoms. The van der Waals surface area contributed by atoms with Crippen LogP contribution in [0.4, 0.5) is 0 Å². The molecule has 2 aliphatic heterocycles. The maximum atomic E-state index is 12.4. The fraction of sp³-hybridized carbons (Fsp3) is 0.444. The summed E-state index contributed by atoms with van der Waals surface area (Å²) in [6.45, 7) is 4.27. The molecule has 0 unspecified atom stereocenters. The van der Waals surface area contributed by atoms with Gasteiger partial charge in [0.05, 0.1) is 13.2 Å². The second-order valence-corrected chi connectivity index (χ2v) is 7.06. The van der Waals surface area contributed by atoms with Crippen LogP contribution in [0, 0.1) is 18.3 Å². The number of hydrogen-bond donors (Lipinski definition) is 2. The Kier molecular flexibility index (Phi) is 3.47. The summed E-state index contributed by atoms with van der Waals surface area (Å²) in [4.78, 5) is 29.1. The van der Waals surface area contributed by atoms with Crippen molar-refractivity contribution in [2.45, 2.75) is 13.5 Å². The highest BCUT2D eigenvalue weighted by Gasteiger charge is 2.56. The van der Waals surface area contributed by atoms with Crippen molar-refractivity contribution in [2.75, 3.05) is 26.3 Å². The number of ether oxygens (including phenoxy) is 1. The molecule has 2 saturated heterocycles. The van der Waals surface area contributed by atoms with E-state index < -0.39 is 11.4 Å². The van der Waals surface area contributed by atoms with Crippen LogP contribution in [0.1, 0.15) is 11.1 Å². The molecule has 0 radical (unpaired) electrons. The predicted octanol–water partition coefficient (Wildman–Crippen LogP) is 1.37. The Morgan fingerprint density at radius 1 is 1.46 bits per heavy atom. The molecule has 126 valence electrons. The standard InChI is InChI=1S/C18H20N2O4/c1-11-2-3-12-5-13(16(21)19-15(12)4-11)6-20-7-14-8-24-10-18(14,9-20)17(22)23/h2-5,14H,6-10H2,1H3,(H,19,21)(H,22,23)/t14-,18-/m1/s1. The largest absolute Gasteiger partial charge is 0.481 e. The summed E-state index contributed by atoms with van der Waals surface area (Å²) in [6, 6.07) is 7.88. The zero-order valence-electron chi connectivity index (χ0n) is 13.5. The number of aromatic amines is 1. The van der Waals surface area contributed by atoms with Gasteiger partial charge in [-0.05, 0) is 30.0 Å². The van der Waals surface area contributed by atoms with Crippen LogP contribution in [-0.4, -0.2) is 47.3 Å². The van der Waals surface area contributed by atoms with E-state index in [1.54, 1.807) is 0 Å². The van der Waals surface area contributed by atoms with Crippen LogP contribution in [0.15, 0.2) is 29.1 Å². The number of aryl methyl sites for hydroxylation is 1. The fourth-order valence-corrected chi connectivity index (χ4v) is 3.98. The van der Waals surface area contributed by atoms with Gasteiger partial charge in [0.1, 0.15) is 5.41 Å². The van der Waals surface area contributed by atoms with E-state index >= 15 is 0 Å². The van der Waals surface area contributed by atoms with Gasteiger partial charge in [0.2, 0.25) is 0 Å². The molecular formula is C18H20N2O4. The Bertz CT molecular complexity index is 875. The molecule has 2 fully saturated rings. The molecule has 24 heavy (non-hydrogen) atoms. The summed E-state index contributed by atoms with van der Waals surface area (Å²) in [5, 5.41) is 10.6. The summed E-state index contributed by atoms with van der Waals surface area (Å²) < 4.78 is 5.39. The average Bonchev–Trinajstić information content (AvgIpc) is 3.06. The van der Waals surface area contributed by atoms with Crippen LogP contribution in [0.25, 0.3) is 10.9 Å². The Balaban J connectivity index is 1.61. The van der Waals surface area contributed by atoms with Crippen molar-refractivity contribution < 1.29 is 14.6 Å². The number of carboxylic acid groups (broad SMARTS) is 1. The molecule has 2 N–H and O–H groups in total. The zero-order valence-corrected chi connectivity index (χ0v) is 13.5. The Labute approximate surface area is 139 Å². The van der Waals surface area contributed by atoms with E-state index in [0.29, 0.717) is 31.8 Å². The first-order valence-electron chi connectivity index (χ1n) is 8.14. The first-order chi connectivity index (χ1) is 11.5. The number of H-pyrrole nitrogens is 1. The number of carbonyl (C=O) groups is 1. The van der Waals surface area contributed by atoms with E-state index in [2.05, 4.69) is 9.88 Å². The summed E-state index contributed by atoms with van der Waals surface area (Å²) in [7, 11) is 0. The molecule has 0 aliphatic carbocycles. The van der Waals surface area contributed by atoms with Gasteiger partial charge < -0.3 is 14.8 Å². The van der Waals surface area contributed by atoms with Crippen LogP contribution in [-0.2, 0) is 16.1 Å². The predicted molar refractivity (Wildman–Crippen MR) is 89.0 cm³/mol. The van der Waals surface area contributed by atoms with E-state index in [0.717, 1.165) is 16.5 Å². The Morgan fingerprint density at radius 2 is 2.29 bits per heavy atom. The SMILES string of the molecule is Cc1ccc2cc(CN3C[C@@H]4COC[C@]4(C(=O)O)C3)c(=O)[nH]c2c1. The van der Waals surface area contributed by atoms with Crippen LogP contribution < -0.4 is 5.56 Å². The number of aliphatic carboxylic acids is 1. The van der Waals surface area contributed by atoms with Crippen molar-refractivity contribution in [3.05, 3.63) is 45.7 Å². The van der Waals surface area contributed by atoms with E-state index in [1.165, 1.54) is 0 Å².